The number of methoxy groups -OCH3 is 2. The van der Waals surface area contributed by atoms with E-state index < -0.39 is 85.2 Å². The molecule has 1 aliphatic heterocycles. The average molecular weight is 891 g/mol. The van der Waals surface area contributed by atoms with Crippen LogP contribution in [0.2, 0.25) is 0 Å². The Labute approximate surface area is 373 Å². The quantitative estimate of drug-likeness (QED) is 0.0759. The first-order valence-electron chi connectivity index (χ1n) is 22.0. The summed E-state index contributed by atoms with van der Waals surface area (Å²) in [7, 11) is 6.37. The number of rotatable bonds is 28. The van der Waals surface area contributed by atoms with Gasteiger partial charge < -0.3 is 50.2 Å². The van der Waals surface area contributed by atoms with E-state index in [9.17, 15) is 43.8 Å². The Bertz CT molecular complexity index is 1630. The number of likely N-dealkylation sites (N-methyl/N-ethyl adjacent to an activating group) is 2. The molecule has 0 aliphatic carbocycles. The van der Waals surface area contributed by atoms with Crippen molar-refractivity contribution in [3.8, 4) is 0 Å². The SMILES string of the molecule is CC[C@H](C)C([C@@H](CC(=O)N1CCC[C@H]1[C@H](OC)[C@@H](C)C(=O)N[C@@H](Cc1ccccc1)C(=O)OCCN(CC(=O)O)CC(=O)O)OC)N(C)C(=O)[C@@H](NC(=O)[C@@H](NC)C(C)C)C(C)C. The highest BCUT2D eigenvalue weighted by molar-refractivity contribution is 5.90. The lowest BCUT2D eigenvalue weighted by molar-refractivity contribution is -0.150. The number of esters is 1. The molecule has 1 unspecified atom stereocenters. The fraction of sp³-hybridized carbons (Fsp3) is 0.711. The topological polar surface area (TPSA) is 233 Å². The molecule has 1 saturated heterocycles. The average Bonchev–Trinajstić information content (AvgIpc) is 3.71. The third kappa shape index (κ3) is 16.4. The maximum atomic E-state index is 14.3. The molecule has 1 fully saturated rings. The van der Waals surface area contributed by atoms with Gasteiger partial charge in [-0.1, -0.05) is 85.2 Å². The first-order valence-corrected chi connectivity index (χ1v) is 22.0. The van der Waals surface area contributed by atoms with E-state index in [1.807, 2.05) is 47.6 Å². The Kier molecular flexibility index (Phi) is 23.2. The second kappa shape index (κ2) is 26.9. The van der Waals surface area contributed by atoms with Crippen LogP contribution in [0, 0.1) is 23.7 Å². The van der Waals surface area contributed by atoms with Crippen molar-refractivity contribution in [1.29, 1.82) is 0 Å². The Morgan fingerprint density at radius 1 is 0.857 bits per heavy atom. The molecule has 63 heavy (non-hydrogen) atoms. The molecule has 0 aromatic heterocycles. The number of carboxylic acids is 2. The number of carboxylic acid groups (broad SMARTS) is 2. The van der Waals surface area contributed by atoms with E-state index in [4.69, 9.17) is 14.2 Å². The van der Waals surface area contributed by atoms with E-state index in [0.717, 1.165) is 10.5 Å². The molecule has 0 radical (unpaired) electrons. The van der Waals surface area contributed by atoms with E-state index in [1.54, 1.807) is 55.1 Å². The fourth-order valence-corrected chi connectivity index (χ4v) is 8.37. The van der Waals surface area contributed by atoms with Gasteiger partial charge in [0, 0.05) is 40.8 Å². The summed E-state index contributed by atoms with van der Waals surface area (Å²) in [5, 5.41) is 27.1. The second-order valence-electron chi connectivity index (χ2n) is 17.2. The van der Waals surface area contributed by atoms with Crippen LogP contribution in [-0.4, -0.2) is 170 Å². The molecule has 9 atom stereocenters. The molecule has 18 nitrogen and oxygen atoms in total. The molecule has 1 heterocycles. The van der Waals surface area contributed by atoms with Crippen LogP contribution in [-0.2, 0) is 54.2 Å². The summed E-state index contributed by atoms with van der Waals surface area (Å²) in [5.41, 5.74) is 0.732. The van der Waals surface area contributed by atoms with Crippen LogP contribution >= 0.6 is 0 Å². The second-order valence-corrected chi connectivity index (χ2v) is 17.2. The lowest BCUT2D eigenvalue weighted by Gasteiger charge is -2.41. The minimum Gasteiger partial charge on any atom is -0.480 e. The Morgan fingerprint density at radius 3 is 1.97 bits per heavy atom. The Morgan fingerprint density at radius 2 is 1.46 bits per heavy atom. The molecule has 0 spiro atoms. The number of aliphatic carboxylic acids is 2. The van der Waals surface area contributed by atoms with E-state index >= 15 is 0 Å². The summed E-state index contributed by atoms with van der Waals surface area (Å²) >= 11 is 0. The maximum Gasteiger partial charge on any atom is 0.329 e. The van der Waals surface area contributed by atoms with Crippen molar-refractivity contribution in [1.82, 2.24) is 30.7 Å². The van der Waals surface area contributed by atoms with Crippen molar-refractivity contribution in [2.75, 3.05) is 61.1 Å². The third-order valence-corrected chi connectivity index (χ3v) is 12.0. The monoisotopic (exact) mass is 891 g/mol. The van der Waals surface area contributed by atoms with Crippen LogP contribution in [0.5, 0.6) is 0 Å². The van der Waals surface area contributed by atoms with E-state index in [2.05, 4.69) is 16.0 Å². The number of ether oxygens (including phenoxy) is 3. The Balaban J connectivity index is 2.29. The fourth-order valence-electron chi connectivity index (χ4n) is 8.37. The highest BCUT2D eigenvalue weighted by atomic mass is 16.5. The first-order chi connectivity index (χ1) is 29.7. The van der Waals surface area contributed by atoms with Crippen LogP contribution < -0.4 is 16.0 Å². The smallest absolute Gasteiger partial charge is 0.329 e. The lowest BCUT2D eigenvalue weighted by atomic mass is 9.89. The Hall–Kier alpha value is -4.65. The zero-order valence-corrected chi connectivity index (χ0v) is 39.1. The van der Waals surface area contributed by atoms with Gasteiger partial charge in [-0.25, -0.2) is 4.79 Å². The largest absolute Gasteiger partial charge is 0.480 e. The zero-order valence-electron chi connectivity index (χ0n) is 39.1. The van der Waals surface area contributed by atoms with Crippen LogP contribution in [0.15, 0.2) is 30.3 Å². The van der Waals surface area contributed by atoms with E-state index in [-0.39, 0.29) is 61.5 Å². The molecule has 0 bridgehead atoms. The van der Waals surface area contributed by atoms with E-state index in [0.29, 0.717) is 25.8 Å². The van der Waals surface area contributed by atoms with Gasteiger partial charge in [-0.2, -0.15) is 0 Å². The summed E-state index contributed by atoms with van der Waals surface area (Å²) in [5.74, 6) is -5.76. The lowest BCUT2D eigenvalue weighted by Crippen LogP contribution is -2.59. The van der Waals surface area contributed by atoms with Crippen molar-refractivity contribution in [2.45, 2.75) is 123 Å². The first kappa shape index (κ1) is 54.5. The van der Waals surface area contributed by atoms with Gasteiger partial charge in [-0.3, -0.25) is 33.7 Å². The van der Waals surface area contributed by atoms with Crippen molar-refractivity contribution in [3.63, 3.8) is 0 Å². The van der Waals surface area contributed by atoms with Gasteiger partial charge in [0.15, 0.2) is 0 Å². The normalized spacial score (nSPS) is 17.9. The molecule has 0 saturated carbocycles. The van der Waals surface area contributed by atoms with Gasteiger partial charge in [0.25, 0.3) is 0 Å². The molecule has 1 aliphatic rings. The predicted molar refractivity (Wildman–Crippen MR) is 235 cm³/mol. The predicted octanol–water partition coefficient (Wildman–Crippen LogP) is 2.03. The molecule has 5 N–H and O–H groups in total. The maximum absolute atomic E-state index is 14.3. The van der Waals surface area contributed by atoms with Crippen LogP contribution in [0.3, 0.4) is 0 Å². The highest BCUT2D eigenvalue weighted by Crippen LogP contribution is 2.30. The number of likely N-dealkylation sites (tertiary alicyclic amines) is 1. The molecule has 4 amide bonds. The number of carbonyl (C=O) groups is 7. The standard InChI is InChI=1S/C45H74N6O12/c1-12-29(6)40(49(9)44(59)39(28(4)5)48-43(58)38(46-8)27(2)3)34(61-10)24-35(52)51-20-16-19-33(51)41(62-11)30(7)42(57)47-32(23-31-17-14-13-15-18-31)45(60)63-22-21-50(25-36(53)54)26-37(55)56/h13-15,17-18,27-30,32-34,38-41,46H,12,16,19-26H2,1-11H3,(H,47,57)(H,48,58)(H,53,54)(H,55,56)/t29-,30+,32-,33-,34+,38-,39-,40?,41+/m0/s1. The number of hydrogen-bond acceptors (Lipinski definition) is 12. The van der Waals surface area contributed by atoms with Crippen molar-refractivity contribution in [2.24, 2.45) is 23.7 Å². The summed E-state index contributed by atoms with van der Waals surface area (Å²) < 4.78 is 17.4. The molecule has 18 heteroatoms. The van der Waals surface area contributed by atoms with Crippen LogP contribution in [0.1, 0.15) is 79.7 Å². The van der Waals surface area contributed by atoms with Gasteiger partial charge in [-0.15, -0.1) is 0 Å². The minimum atomic E-state index is -1.24. The summed E-state index contributed by atoms with van der Waals surface area (Å²) in [4.78, 5) is 96.2. The van der Waals surface area contributed by atoms with Gasteiger partial charge in [-0.05, 0) is 43.2 Å². The molecule has 1 aromatic carbocycles. The number of nitrogens with zero attached hydrogens (tertiary/aromatic N) is 3. The molecule has 356 valence electrons. The summed E-state index contributed by atoms with van der Waals surface area (Å²) in [6.07, 6.45) is 0.406. The van der Waals surface area contributed by atoms with Crippen LogP contribution in [0.4, 0.5) is 0 Å². The number of benzene rings is 1. The molecular weight excluding hydrogens is 817 g/mol. The van der Waals surface area contributed by atoms with Gasteiger partial charge in [0.05, 0.1) is 55.8 Å². The summed E-state index contributed by atoms with van der Waals surface area (Å²) in [6.45, 7) is 12.1. The van der Waals surface area contributed by atoms with Gasteiger partial charge >= 0.3 is 17.9 Å². The molecule has 2 rings (SSSR count). The van der Waals surface area contributed by atoms with Crippen LogP contribution in [0.25, 0.3) is 0 Å². The summed E-state index contributed by atoms with van der Waals surface area (Å²) in [6, 6.07) is 5.47. The number of carbonyl (C=O) groups excluding carboxylic acids is 5. The highest BCUT2D eigenvalue weighted by Gasteiger charge is 2.43. The minimum absolute atomic E-state index is 0.00649. The molecule has 1 aromatic rings. The number of hydrogen-bond donors (Lipinski definition) is 5. The molecular formula is C45H74N6O12. The number of amides is 4. The number of nitrogens with one attached hydrogen (secondary N) is 3. The van der Waals surface area contributed by atoms with Crippen molar-refractivity contribution < 1.29 is 58.0 Å². The van der Waals surface area contributed by atoms with E-state index in [1.165, 1.54) is 14.2 Å². The van der Waals surface area contributed by atoms with Crippen molar-refractivity contribution >= 4 is 41.5 Å². The van der Waals surface area contributed by atoms with Gasteiger partial charge in [0.1, 0.15) is 18.7 Å². The van der Waals surface area contributed by atoms with Gasteiger partial charge in [0.2, 0.25) is 23.6 Å². The van der Waals surface area contributed by atoms with Crippen molar-refractivity contribution in [3.05, 3.63) is 35.9 Å². The zero-order chi connectivity index (χ0) is 47.6. The third-order valence-electron chi connectivity index (χ3n) is 12.0.